The molecule has 0 aliphatic carbocycles. The van der Waals surface area contributed by atoms with Crippen molar-refractivity contribution in [2.75, 3.05) is 25.0 Å². The van der Waals surface area contributed by atoms with Gasteiger partial charge < -0.3 is 9.80 Å². The van der Waals surface area contributed by atoms with E-state index in [1.54, 1.807) is 40.4 Å². The van der Waals surface area contributed by atoms with E-state index in [2.05, 4.69) is 20.1 Å². The van der Waals surface area contributed by atoms with Crippen LogP contribution >= 0.6 is 11.3 Å². The molecule has 0 radical (unpaired) electrons. The molecule has 1 aliphatic rings. The van der Waals surface area contributed by atoms with Gasteiger partial charge in [0.25, 0.3) is 0 Å². The number of piperidine rings is 1. The van der Waals surface area contributed by atoms with Crippen molar-refractivity contribution in [3.8, 4) is 11.4 Å². The Morgan fingerprint density at radius 2 is 2.07 bits per heavy atom. The molecule has 158 valence electrons. The summed E-state index contributed by atoms with van der Waals surface area (Å²) in [6.07, 6.45) is 6.07. The molecular weight excluding hydrogens is 405 g/mol. The van der Waals surface area contributed by atoms with Crippen LogP contribution in [0, 0.1) is 18.7 Å². The van der Waals surface area contributed by atoms with Crippen molar-refractivity contribution in [2.45, 2.75) is 26.3 Å². The number of carbonyl (C=O) groups excluding carboxylic acids is 1. The fraction of sp³-hybridized carbons (Fsp3) is 0.450. The number of thiazole rings is 1. The van der Waals surface area contributed by atoms with E-state index in [-0.39, 0.29) is 17.5 Å². The Hall–Kier alpha value is -2.88. The Morgan fingerprint density at radius 3 is 2.70 bits per heavy atom. The van der Waals surface area contributed by atoms with Gasteiger partial charge in [-0.1, -0.05) is 0 Å². The number of nitrogens with zero attached hydrogens (tertiary/aromatic N) is 7. The van der Waals surface area contributed by atoms with Crippen LogP contribution < -0.4 is 4.90 Å². The minimum atomic E-state index is -0.473. The van der Waals surface area contributed by atoms with E-state index in [1.807, 2.05) is 24.3 Å². The number of hydrogen-bond acceptors (Lipinski definition) is 7. The van der Waals surface area contributed by atoms with Crippen molar-refractivity contribution < 1.29 is 9.18 Å². The van der Waals surface area contributed by atoms with E-state index in [4.69, 9.17) is 0 Å². The second kappa shape index (κ2) is 8.47. The van der Waals surface area contributed by atoms with Gasteiger partial charge in [0, 0.05) is 44.7 Å². The molecule has 4 rings (SSSR count). The predicted molar refractivity (Wildman–Crippen MR) is 112 cm³/mol. The third-order valence-corrected chi connectivity index (χ3v) is 6.20. The lowest BCUT2D eigenvalue weighted by atomic mass is 9.95. The van der Waals surface area contributed by atoms with Gasteiger partial charge in [0.05, 0.1) is 24.6 Å². The minimum Gasteiger partial charge on any atom is -0.341 e. The van der Waals surface area contributed by atoms with E-state index < -0.39 is 5.82 Å². The van der Waals surface area contributed by atoms with Crippen LogP contribution in [-0.2, 0) is 18.4 Å². The normalized spacial score (nSPS) is 14.9. The van der Waals surface area contributed by atoms with Crippen LogP contribution in [0.15, 0.2) is 24.0 Å². The van der Waals surface area contributed by atoms with E-state index in [1.165, 1.54) is 6.20 Å². The molecular formula is C20H24FN7OS. The monoisotopic (exact) mass is 429 g/mol. The number of halogens is 1. The molecule has 0 bridgehead atoms. The van der Waals surface area contributed by atoms with Crippen LogP contribution in [0.5, 0.6) is 0 Å². The number of carbonyl (C=O) groups is 1. The van der Waals surface area contributed by atoms with E-state index in [9.17, 15) is 9.18 Å². The SMILES string of the molecule is Cc1cnn(C)c1-c1nc(N2CCC(C(=O)N(C)Cc3nccs3)CC2)ncc1F. The first-order valence-electron chi connectivity index (χ1n) is 9.84. The molecule has 3 aromatic heterocycles. The smallest absolute Gasteiger partial charge is 0.226 e. The topological polar surface area (TPSA) is 80.0 Å². The molecule has 0 atom stereocenters. The van der Waals surface area contributed by atoms with Gasteiger partial charge in [0.2, 0.25) is 11.9 Å². The Labute approximate surface area is 178 Å². The molecule has 4 heterocycles. The number of anilines is 1. The number of amides is 1. The van der Waals surface area contributed by atoms with Crippen molar-refractivity contribution in [3.63, 3.8) is 0 Å². The summed E-state index contributed by atoms with van der Waals surface area (Å²) in [5, 5.41) is 7.02. The quantitative estimate of drug-likeness (QED) is 0.620. The Morgan fingerprint density at radius 1 is 1.30 bits per heavy atom. The molecule has 10 heteroatoms. The average Bonchev–Trinajstić information content (AvgIpc) is 3.37. The molecule has 0 aromatic carbocycles. The van der Waals surface area contributed by atoms with Crippen molar-refractivity contribution in [1.82, 2.24) is 29.6 Å². The van der Waals surface area contributed by atoms with Crippen LogP contribution in [0.4, 0.5) is 10.3 Å². The van der Waals surface area contributed by atoms with Crippen LogP contribution in [0.1, 0.15) is 23.4 Å². The Balaban J connectivity index is 1.43. The third-order valence-electron chi connectivity index (χ3n) is 5.44. The Bertz CT molecular complexity index is 1010. The molecule has 0 N–H and O–H groups in total. The van der Waals surface area contributed by atoms with Gasteiger partial charge in [-0.25, -0.2) is 19.3 Å². The maximum Gasteiger partial charge on any atom is 0.226 e. The highest BCUT2D eigenvalue weighted by Crippen LogP contribution is 2.27. The summed E-state index contributed by atoms with van der Waals surface area (Å²) in [5.74, 6) is 0.106. The summed E-state index contributed by atoms with van der Waals surface area (Å²) in [6.45, 7) is 3.71. The van der Waals surface area contributed by atoms with Gasteiger partial charge in [-0.15, -0.1) is 11.3 Å². The van der Waals surface area contributed by atoms with Gasteiger partial charge in [-0.2, -0.15) is 5.10 Å². The fourth-order valence-corrected chi connectivity index (χ4v) is 4.48. The first-order valence-corrected chi connectivity index (χ1v) is 10.7. The van der Waals surface area contributed by atoms with E-state index >= 15 is 0 Å². The molecule has 8 nitrogen and oxygen atoms in total. The highest BCUT2D eigenvalue weighted by Gasteiger charge is 2.29. The zero-order valence-corrected chi connectivity index (χ0v) is 18.1. The number of aromatic nitrogens is 5. The summed E-state index contributed by atoms with van der Waals surface area (Å²) < 4.78 is 16.1. The third kappa shape index (κ3) is 4.04. The van der Waals surface area contributed by atoms with Gasteiger partial charge in [0.15, 0.2) is 5.82 Å². The highest BCUT2D eigenvalue weighted by atomic mass is 32.1. The van der Waals surface area contributed by atoms with Crippen molar-refractivity contribution >= 4 is 23.2 Å². The molecule has 1 saturated heterocycles. The summed E-state index contributed by atoms with van der Waals surface area (Å²) >= 11 is 1.55. The van der Waals surface area contributed by atoms with Crippen LogP contribution in [0.2, 0.25) is 0 Å². The summed E-state index contributed by atoms with van der Waals surface area (Å²) in [7, 11) is 3.59. The van der Waals surface area contributed by atoms with Crippen LogP contribution in [-0.4, -0.2) is 55.7 Å². The molecule has 0 saturated carbocycles. The number of hydrogen-bond donors (Lipinski definition) is 0. The molecule has 1 fully saturated rings. The molecule has 30 heavy (non-hydrogen) atoms. The zero-order valence-electron chi connectivity index (χ0n) is 17.2. The molecule has 1 amide bonds. The summed E-state index contributed by atoms with van der Waals surface area (Å²) in [6, 6.07) is 0. The van der Waals surface area contributed by atoms with E-state index in [0.29, 0.717) is 44.1 Å². The van der Waals surface area contributed by atoms with Gasteiger partial charge in [0.1, 0.15) is 10.7 Å². The molecule has 1 aliphatic heterocycles. The van der Waals surface area contributed by atoms with Gasteiger partial charge in [-0.05, 0) is 25.3 Å². The van der Waals surface area contributed by atoms with E-state index in [0.717, 1.165) is 10.6 Å². The first-order chi connectivity index (χ1) is 14.4. The molecule has 0 spiro atoms. The number of aryl methyl sites for hydroxylation is 2. The minimum absolute atomic E-state index is 0.0366. The second-order valence-corrected chi connectivity index (χ2v) is 8.53. The largest absolute Gasteiger partial charge is 0.341 e. The fourth-order valence-electron chi connectivity index (χ4n) is 3.81. The van der Waals surface area contributed by atoms with Gasteiger partial charge >= 0.3 is 0 Å². The molecule has 0 unspecified atom stereocenters. The standard InChI is InChI=1S/C20H24FN7OS/c1-13-10-24-27(3)18(13)17-15(21)11-23-20(25-17)28-7-4-14(5-8-28)19(29)26(2)12-16-22-6-9-30-16/h6,9-11,14H,4-5,7-8,12H2,1-3H3. The van der Waals surface area contributed by atoms with Crippen molar-refractivity contribution in [2.24, 2.45) is 13.0 Å². The Kier molecular flexibility index (Phi) is 5.76. The van der Waals surface area contributed by atoms with Crippen molar-refractivity contribution in [3.05, 3.63) is 40.4 Å². The lowest BCUT2D eigenvalue weighted by Gasteiger charge is -2.33. The first kappa shape index (κ1) is 20.4. The summed E-state index contributed by atoms with van der Waals surface area (Å²) in [4.78, 5) is 29.5. The lowest BCUT2D eigenvalue weighted by molar-refractivity contribution is -0.135. The maximum absolute atomic E-state index is 14.4. The maximum atomic E-state index is 14.4. The van der Waals surface area contributed by atoms with Crippen LogP contribution in [0.3, 0.4) is 0 Å². The second-order valence-electron chi connectivity index (χ2n) is 7.55. The van der Waals surface area contributed by atoms with Crippen molar-refractivity contribution in [1.29, 1.82) is 0 Å². The predicted octanol–water partition coefficient (Wildman–Crippen LogP) is 2.66. The molecule has 3 aromatic rings. The summed E-state index contributed by atoms with van der Waals surface area (Å²) in [5.41, 5.74) is 1.75. The number of rotatable bonds is 5. The van der Waals surface area contributed by atoms with Crippen LogP contribution in [0.25, 0.3) is 11.4 Å². The van der Waals surface area contributed by atoms with Gasteiger partial charge in [-0.3, -0.25) is 9.48 Å². The highest BCUT2D eigenvalue weighted by molar-refractivity contribution is 7.09. The lowest BCUT2D eigenvalue weighted by Crippen LogP contribution is -2.41. The zero-order chi connectivity index (χ0) is 21.3. The average molecular weight is 430 g/mol.